The standard InChI is InChI=1S/C24H26F3NO5/c1-15(2)33-21(23(30)31)13-17-6-10-20(32-3)18(12-17)14-28-22(29)11-7-16-4-8-19(9-5-16)24(25,26)27/h4-12,15,21H,13-14H2,1-3H3,(H,28,29)(H,30,31). The molecular weight excluding hydrogens is 439 g/mol. The van der Waals surface area contributed by atoms with Crippen molar-refractivity contribution in [2.24, 2.45) is 0 Å². The number of aliphatic carboxylic acids is 1. The van der Waals surface area contributed by atoms with Gasteiger partial charge in [-0.1, -0.05) is 24.3 Å². The summed E-state index contributed by atoms with van der Waals surface area (Å²) in [4.78, 5) is 23.6. The van der Waals surface area contributed by atoms with E-state index in [1.165, 1.54) is 31.4 Å². The lowest BCUT2D eigenvalue weighted by molar-refractivity contribution is -0.153. The molecule has 6 nitrogen and oxygen atoms in total. The second-order valence-electron chi connectivity index (χ2n) is 7.53. The SMILES string of the molecule is COc1ccc(CC(OC(C)C)C(=O)O)cc1CNC(=O)C=Cc1ccc(C(F)(F)F)cc1. The molecule has 0 aromatic heterocycles. The summed E-state index contributed by atoms with van der Waals surface area (Å²) in [5, 5.41) is 12.0. The molecule has 2 N–H and O–H groups in total. The molecule has 2 aromatic rings. The van der Waals surface area contributed by atoms with Gasteiger partial charge in [-0.2, -0.15) is 13.2 Å². The average Bonchev–Trinajstić information content (AvgIpc) is 2.75. The highest BCUT2D eigenvalue weighted by molar-refractivity contribution is 5.91. The zero-order valence-corrected chi connectivity index (χ0v) is 18.5. The van der Waals surface area contributed by atoms with Gasteiger partial charge in [-0.15, -0.1) is 0 Å². The third-order valence-electron chi connectivity index (χ3n) is 4.60. The molecule has 1 unspecified atom stereocenters. The summed E-state index contributed by atoms with van der Waals surface area (Å²) in [6.07, 6.45) is -2.91. The minimum absolute atomic E-state index is 0.107. The molecule has 9 heteroatoms. The number of nitrogens with one attached hydrogen (secondary N) is 1. The van der Waals surface area contributed by atoms with Gasteiger partial charge in [0.05, 0.1) is 18.8 Å². The van der Waals surface area contributed by atoms with Crippen LogP contribution < -0.4 is 10.1 Å². The fourth-order valence-corrected chi connectivity index (χ4v) is 3.03. The highest BCUT2D eigenvalue weighted by Crippen LogP contribution is 2.29. The van der Waals surface area contributed by atoms with Crippen LogP contribution in [0.1, 0.15) is 36.1 Å². The maximum absolute atomic E-state index is 12.6. The summed E-state index contributed by atoms with van der Waals surface area (Å²) in [6.45, 7) is 3.61. The highest BCUT2D eigenvalue weighted by atomic mass is 19.4. The lowest BCUT2D eigenvalue weighted by atomic mass is 10.0. The smallest absolute Gasteiger partial charge is 0.416 e. The number of carboxylic acids is 1. The zero-order chi connectivity index (χ0) is 24.6. The van der Waals surface area contributed by atoms with Crippen LogP contribution in [0.2, 0.25) is 0 Å². The Morgan fingerprint density at radius 3 is 2.33 bits per heavy atom. The van der Waals surface area contributed by atoms with E-state index in [-0.39, 0.29) is 19.1 Å². The molecule has 0 aliphatic carbocycles. The molecule has 2 rings (SSSR count). The number of carbonyl (C=O) groups is 2. The molecule has 178 valence electrons. The van der Waals surface area contributed by atoms with Crippen molar-refractivity contribution in [3.8, 4) is 5.75 Å². The number of rotatable bonds is 10. The molecule has 0 fully saturated rings. The maximum Gasteiger partial charge on any atom is 0.416 e. The Hall–Kier alpha value is -3.33. The lowest BCUT2D eigenvalue weighted by Crippen LogP contribution is -2.29. The molecule has 2 aromatic carbocycles. The summed E-state index contributed by atoms with van der Waals surface area (Å²) >= 11 is 0. The summed E-state index contributed by atoms with van der Waals surface area (Å²) < 4.78 is 48.6. The molecule has 0 heterocycles. The Labute approximate surface area is 190 Å². The molecule has 1 amide bonds. The number of halogens is 3. The number of carbonyl (C=O) groups excluding carboxylic acids is 1. The number of hydrogen-bond acceptors (Lipinski definition) is 4. The average molecular weight is 465 g/mol. The second-order valence-corrected chi connectivity index (χ2v) is 7.53. The van der Waals surface area contributed by atoms with E-state index < -0.39 is 29.7 Å². The van der Waals surface area contributed by atoms with Crippen LogP contribution in [-0.4, -0.2) is 36.3 Å². The predicted octanol–water partition coefficient (Wildman–Crippen LogP) is 4.46. The predicted molar refractivity (Wildman–Crippen MR) is 117 cm³/mol. The van der Waals surface area contributed by atoms with Gasteiger partial charge in [0.1, 0.15) is 5.75 Å². The first-order valence-electron chi connectivity index (χ1n) is 10.2. The number of benzene rings is 2. The Morgan fingerprint density at radius 1 is 1.12 bits per heavy atom. The first-order valence-corrected chi connectivity index (χ1v) is 10.2. The van der Waals surface area contributed by atoms with Crippen LogP contribution in [0, 0.1) is 0 Å². The monoisotopic (exact) mass is 465 g/mol. The van der Waals surface area contributed by atoms with Crippen molar-refractivity contribution in [1.82, 2.24) is 5.32 Å². The van der Waals surface area contributed by atoms with Crippen LogP contribution in [0.25, 0.3) is 6.08 Å². The molecule has 0 aliphatic heterocycles. The van der Waals surface area contributed by atoms with Gasteiger partial charge in [0, 0.05) is 24.6 Å². The van der Waals surface area contributed by atoms with Gasteiger partial charge >= 0.3 is 12.1 Å². The number of carboxylic acid groups (broad SMARTS) is 1. The Bertz CT molecular complexity index is 985. The van der Waals surface area contributed by atoms with Crippen molar-refractivity contribution in [2.45, 2.75) is 45.2 Å². The fourth-order valence-electron chi connectivity index (χ4n) is 3.03. The van der Waals surface area contributed by atoms with Crippen molar-refractivity contribution >= 4 is 18.0 Å². The van der Waals surface area contributed by atoms with Crippen LogP contribution in [-0.2, 0) is 33.5 Å². The highest BCUT2D eigenvalue weighted by Gasteiger charge is 2.29. The summed E-state index contributed by atoms with van der Waals surface area (Å²) in [7, 11) is 1.48. The van der Waals surface area contributed by atoms with Gasteiger partial charge < -0.3 is 19.9 Å². The van der Waals surface area contributed by atoms with E-state index in [4.69, 9.17) is 9.47 Å². The number of amides is 1. The number of methoxy groups -OCH3 is 1. The minimum Gasteiger partial charge on any atom is -0.496 e. The molecule has 1 atom stereocenters. The largest absolute Gasteiger partial charge is 0.496 e. The van der Waals surface area contributed by atoms with Crippen molar-refractivity contribution < 1.29 is 37.3 Å². The first-order chi connectivity index (χ1) is 15.5. The Balaban J connectivity index is 2.04. The van der Waals surface area contributed by atoms with Crippen LogP contribution in [0.3, 0.4) is 0 Å². The normalized spacial score (nSPS) is 12.7. The van der Waals surface area contributed by atoms with E-state index in [2.05, 4.69) is 5.32 Å². The third-order valence-corrected chi connectivity index (χ3v) is 4.60. The lowest BCUT2D eigenvalue weighted by Gasteiger charge is -2.17. The van der Waals surface area contributed by atoms with Gasteiger partial charge in [-0.25, -0.2) is 4.79 Å². The van der Waals surface area contributed by atoms with E-state index in [0.29, 0.717) is 22.4 Å². The van der Waals surface area contributed by atoms with E-state index in [1.54, 1.807) is 32.0 Å². The van der Waals surface area contributed by atoms with Gasteiger partial charge in [0.2, 0.25) is 5.91 Å². The molecule has 0 saturated carbocycles. The molecule has 0 spiro atoms. The van der Waals surface area contributed by atoms with E-state index in [9.17, 15) is 27.9 Å². The number of alkyl halides is 3. The zero-order valence-electron chi connectivity index (χ0n) is 18.5. The topological polar surface area (TPSA) is 84.9 Å². The van der Waals surface area contributed by atoms with Gasteiger partial charge in [0.25, 0.3) is 0 Å². The van der Waals surface area contributed by atoms with Crippen LogP contribution in [0.4, 0.5) is 13.2 Å². The summed E-state index contributed by atoms with van der Waals surface area (Å²) in [6, 6.07) is 9.59. The Morgan fingerprint density at radius 2 is 1.79 bits per heavy atom. The minimum atomic E-state index is -4.42. The van der Waals surface area contributed by atoms with Crippen molar-refractivity contribution in [1.29, 1.82) is 0 Å². The third kappa shape index (κ3) is 8.27. The van der Waals surface area contributed by atoms with Crippen molar-refractivity contribution in [3.05, 3.63) is 70.8 Å². The molecule has 0 saturated heterocycles. The molecule has 0 bridgehead atoms. The van der Waals surface area contributed by atoms with Crippen molar-refractivity contribution in [2.75, 3.05) is 7.11 Å². The van der Waals surface area contributed by atoms with E-state index in [0.717, 1.165) is 12.1 Å². The fraction of sp³-hybridized carbons (Fsp3) is 0.333. The number of ether oxygens (including phenoxy) is 2. The summed E-state index contributed by atoms with van der Waals surface area (Å²) in [5.74, 6) is -1.00. The van der Waals surface area contributed by atoms with Gasteiger partial charge in [0.15, 0.2) is 6.10 Å². The van der Waals surface area contributed by atoms with Crippen molar-refractivity contribution in [3.63, 3.8) is 0 Å². The van der Waals surface area contributed by atoms with Crippen LogP contribution >= 0.6 is 0 Å². The van der Waals surface area contributed by atoms with Crippen LogP contribution in [0.15, 0.2) is 48.5 Å². The second kappa shape index (κ2) is 11.5. The number of hydrogen-bond donors (Lipinski definition) is 2. The Kier molecular flexibility index (Phi) is 9.04. The molecular formula is C24H26F3NO5. The summed E-state index contributed by atoms with van der Waals surface area (Å²) in [5.41, 5.74) is 1.02. The first kappa shape index (κ1) is 25.9. The maximum atomic E-state index is 12.6. The van der Waals surface area contributed by atoms with Gasteiger partial charge in [-0.3, -0.25) is 4.79 Å². The molecule has 33 heavy (non-hydrogen) atoms. The van der Waals surface area contributed by atoms with Crippen LogP contribution in [0.5, 0.6) is 5.75 Å². The van der Waals surface area contributed by atoms with E-state index >= 15 is 0 Å². The van der Waals surface area contributed by atoms with Gasteiger partial charge in [-0.05, 0) is 49.2 Å². The van der Waals surface area contributed by atoms with E-state index in [1.807, 2.05) is 0 Å². The quantitative estimate of drug-likeness (QED) is 0.506. The molecule has 0 radical (unpaired) electrons. The molecule has 0 aliphatic rings.